The van der Waals surface area contributed by atoms with Gasteiger partial charge in [-0.25, -0.2) is 13.6 Å². The summed E-state index contributed by atoms with van der Waals surface area (Å²) in [6, 6.07) is -3.61. The van der Waals surface area contributed by atoms with Crippen LogP contribution >= 0.6 is 23.2 Å². The molecule has 2 aromatic carbocycles. The van der Waals surface area contributed by atoms with Crippen molar-refractivity contribution in [2.75, 3.05) is 5.32 Å². The van der Waals surface area contributed by atoms with Crippen LogP contribution in [0.25, 0.3) is 0 Å². The van der Waals surface area contributed by atoms with Crippen LogP contribution in [0.2, 0.25) is 10.0 Å². The fourth-order valence-corrected chi connectivity index (χ4v) is 2.36. The van der Waals surface area contributed by atoms with Crippen LogP contribution < -0.4 is 15.4 Å². The van der Waals surface area contributed by atoms with Crippen molar-refractivity contribution < 1.29 is 44.8 Å². The van der Waals surface area contributed by atoms with Crippen molar-refractivity contribution in [3.05, 3.63) is 57.5 Å². The van der Waals surface area contributed by atoms with Crippen LogP contribution in [0.5, 0.6) is 5.75 Å². The van der Waals surface area contributed by atoms with Crippen molar-refractivity contribution >= 4 is 40.8 Å². The zero-order valence-electron chi connectivity index (χ0n) is 16.5. The number of hydrogen-bond donors (Lipinski definition) is 2. The normalized spacial score (nSPS) is 12.8. The molecule has 2 aromatic rings. The molecule has 0 aliphatic rings. The Hall–Kier alpha value is -2.66. The topological polar surface area (TPSA) is 67.4 Å². The summed E-state index contributed by atoms with van der Waals surface area (Å²) < 4.78 is 104. The Morgan fingerprint density at radius 2 is 1.62 bits per heavy atom. The fraction of sp³-hybridized carbons (Fsp3) is 0.125. The summed E-state index contributed by atoms with van der Waals surface area (Å²) in [5.41, 5.74) is -1.84. The SMILES string of the molecule is [2H]c1c([2H])c(F)c(C(=O)NC(=O)Nc2cc(Cl)c(OC(F)(F)C(F)F)c(Cl)c2)c(F)c1[2H]. The van der Waals surface area contributed by atoms with E-state index in [-0.39, 0.29) is 5.69 Å². The lowest BCUT2D eigenvalue weighted by atomic mass is 10.2. The summed E-state index contributed by atoms with van der Waals surface area (Å²) in [4.78, 5) is 23.9. The molecule has 0 atom stereocenters. The number of benzene rings is 2. The Morgan fingerprint density at radius 1 is 1.10 bits per heavy atom. The second-order valence-corrected chi connectivity index (χ2v) is 5.83. The van der Waals surface area contributed by atoms with Gasteiger partial charge < -0.3 is 10.1 Å². The van der Waals surface area contributed by atoms with E-state index in [9.17, 15) is 35.9 Å². The molecule has 0 aliphatic heterocycles. The Morgan fingerprint density at radius 3 is 2.10 bits per heavy atom. The summed E-state index contributed by atoms with van der Waals surface area (Å²) in [5, 5.41) is 1.91. The van der Waals surface area contributed by atoms with Crippen molar-refractivity contribution in [2.45, 2.75) is 12.5 Å². The number of halogens is 8. The summed E-state index contributed by atoms with van der Waals surface area (Å²) >= 11 is 11.3. The first-order chi connectivity index (χ1) is 14.7. The molecule has 13 heteroatoms. The molecular formula is C16H8Cl2F6N2O3. The molecule has 0 bridgehead atoms. The largest absolute Gasteiger partial charge is 0.461 e. The molecule has 2 N–H and O–H groups in total. The van der Waals surface area contributed by atoms with Crippen LogP contribution in [0.1, 0.15) is 14.5 Å². The van der Waals surface area contributed by atoms with Crippen LogP contribution in [-0.2, 0) is 0 Å². The fourth-order valence-electron chi connectivity index (χ4n) is 1.80. The maximum absolute atomic E-state index is 14.0. The van der Waals surface area contributed by atoms with Gasteiger partial charge in [0.05, 0.1) is 14.2 Å². The van der Waals surface area contributed by atoms with Crippen LogP contribution in [0, 0.1) is 11.6 Å². The van der Waals surface area contributed by atoms with E-state index in [0.717, 1.165) is 12.1 Å². The van der Waals surface area contributed by atoms with Crippen molar-refractivity contribution in [3.8, 4) is 5.75 Å². The average Bonchev–Trinajstić information content (AvgIpc) is 2.67. The van der Waals surface area contributed by atoms with Gasteiger partial charge in [-0.05, 0) is 24.2 Å². The van der Waals surface area contributed by atoms with E-state index in [1.807, 2.05) is 5.32 Å². The Bertz CT molecular complexity index is 1060. The molecule has 3 amide bonds. The summed E-state index contributed by atoms with van der Waals surface area (Å²) in [6.45, 7) is 0. The predicted molar refractivity (Wildman–Crippen MR) is 90.9 cm³/mol. The quantitative estimate of drug-likeness (QED) is 0.577. The maximum Gasteiger partial charge on any atom is 0.461 e. The number of nitrogens with one attached hydrogen (secondary N) is 2. The molecule has 0 saturated heterocycles. The van der Waals surface area contributed by atoms with Gasteiger partial charge in [0.15, 0.2) is 5.75 Å². The van der Waals surface area contributed by atoms with Gasteiger partial charge in [-0.1, -0.05) is 29.2 Å². The van der Waals surface area contributed by atoms with Gasteiger partial charge in [0.1, 0.15) is 17.2 Å². The molecule has 0 aromatic heterocycles. The highest BCUT2D eigenvalue weighted by Crippen LogP contribution is 2.40. The standard InChI is InChI=1S/C16H8Cl2F6N2O3/c17-7-4-6(5-8(18)12(7)29-16(23,24)14(21)22)25-15(28)26-13(27)11-9(19)2-1-3-10(11)20/h1-5,14H,(H2,25,26,27,28)/i1D,2D,3D. The van der Waals surface area contributed by atoms with Gasteiger partial charge in [0, 0.05) is 5.69 Å². The first kappa shape index (κ1) is 18.4. The van der Waals surface area contributed by atoms with Crippen molar-refractivity contribution in [3.63, 3.8) is 0 Å². The van der Waals surface area contributed by atoms with Crippen LogP contribution in [0.4, 0.5) is 36.8 Å². The molecule has 0 fully saturated rings. The number of rotatable bonds is 5. The van der Waals surface area contributed by atoms with Crippen molar-refractivity contribution in [1.82, 2.24) is 5.32 Å². The summed E-state index contributed by atoms with van der Waals surface area (Å²) in [6.07, 6.45) is -9.13. The molecule has 29 heavy (non-hydrogen) atoms. The number of anilines is 1. The van der Waals surface area contributed by atoms with E-state index < -0.39 is 75.6 Å². The lowest BCUT2D eigenvalue weighted by Gasteiger charge is -2.19. The predicted octanol–water partition coefficient (Wildman–Crippen LogP) is 5.47. The molecule has 2 rings (SSSR count). The lowest BCUT2D eigenvalue weighted by molar-refractivity contribution is -0.253. The molecule has 0 spiro atoms. The number of carbonyl (C=O) groups is 2. The number of amides is 3. The molecule has 5 nitrogen and oxygen atoms in total. The third-order valence-corrected chi connectivity index (χ3v) is 3.55. The zero-order chi connectivity index (χ0) is 24.5. The van der Waals surface area contributed by atoms with E-state index >= 15 is 0 Å². The van der Waals surface area contributed by atoms with Gasteiger partial charge in [0.2, 0.25) is 0 Å². The van der Waals surface area contributed by atoms with Gasteiger partial charge in [0.25, 0.3) is 5.91 Å². The zero-order valence-corrected chi connectivity index (χ0v) is 15.0. The summed E-state index contributed by atoms with van der Waals surface area (Å²) in [7, 11) is 0. The maximum atomic E-state index is 14.0. The smallest absolute Gasteiger partial charge is 0.425 e. The molecule has 0 unspecified atom stereocenters. The van der Waals surface area contributed by atoms with Crippen molar-refractivity contribution in [1.29, 1.82) is 0 Å². The minimum absolute atomic E-state index is 0.372. The van der Waals surface area contributed by atoms with E-state index in [1.54, 1.807) is 0 Å². The van der Waals surface area contributed by atoms with Gasteiger partial charge in [-0.3, -0.25) is 10.1 Å². The Kier molecular flexibility index (Phi) is 5.57. The number of hydrogen-bond acceptors (Lipinski definition) is 3. The lowest BCUT2D eigenvalue weighted by Crippen LogP contribution is -2.35. The van der Waals surface area contributed by atoms with Crippen LogP contribution in [0.15, 0.2) is 30.3 Å². The van der Waals surface area contributed by atoms with Gasteiger partial charge >= 0.3 is 18.6 Å². The van der Waals surface area contributed by atoms with Crippen LogP contribution in [0.3, 0.4) is 0 Å². The molecular weight excluding hydrogens is 453 g/mol. The second kappa shape index (κ2) is 8.78. The number of alkyl halides is 4. The molecule has 0 radical (unpaired) electrons. The average molecular weight is 464 g/mol. The number of imide groups is 1. The summed E-state index contributed by atoms with van der Waals surface area (Å²) in [5.74, 6) is -6.33. The van der Waals surface area contributed by atoms with E-state index in [1.165, 1.54) is 5.32 Å². The van der Waals surface area contributed by atoms with Gasteiger partial charge in [-0.15, -0.1) is 0 Å². The first-order valence-electron chi connectivity index (χ1n) is 8.58. The van der Waals surface area contributed by atoms with E-state index in [0.29, 0.717) is 0 Å². The number of carbonyl (C=O) groups excluding carboxylic acids is 2. The number of ether oxygens (including phenoxy) is 1. The number of urea groups is 1. The second-order valence-electron chi connectivity index (χ2n) is 5.02. The first-order valence-corrected chi connectivity index (χ1v) is 7.84. The minimum Gasteiger partial charge on any atom is -0.425 e. The highest BCUT2D eigenvalue weighted by atomic mass is 35.5. The molecule has 0 aliphatic carbocycles. The third kappa shape index (κ3) is 5.45. The monoisotopic (exact) mass is 463 g/mol. The third-order valence-electron chi connectivity index (χ3n) is 2.99. The van der Waals surface area contributed by atoms with Gasteiger partial charge in [-0.2, -0.15) is 17.6 Å². The highest BCUT2D eigenvalue weighted by molar-refractivity contribution is 6.37. The Labute approximate surface area is 172 Å². The minimum atomic E-state index is -4.93. The molecule has 0 saturated carbocycles. The van der Waals surface area contributed by atoms with Crippen molar-refractivity contribution in [2.24, 2.45) is 0 Å². The van der Waals surface area contributed by atoms with E-state index in [2.05, 4.69) is 4.74 Å². The molecule has 156 valence electrons. The van der Waals surface area contributed by atoms with E-state index in [4.69, 9.17) is 27.3 Å². The highest BCUT2D eigenvalue weighted by Gasteiger charge is 2.45. The Balaban J connectivity index is 2.22. The molecule has 0 heterocycles. The van der Waals surface area contributed by atoms with Crippen LogP contribution in [-0.4, -0.2) is 24.5 Å².